The Morgan fingerprint density at radius 1 is 1.20 bits per heavy atom. The number of nitrogens with zero attached hydrogens (tertiary/aromatic N) is 1. The SMILES string of the molecule is CCOc1ccc(OCc2ccc(C(=O)N3NC(=C(F)F)CC3(O)C(F)F)o2)cc1. The summed E-state index contributed by atoms with van der Waals surface area (Å²) < 4.78 is 68.2. The lowest BCUT2D eigenvalue weighted by Crippen LogP contribution is -2.55. The molecule has 2 N–H and O–H groups in total. The molecule has 30 heavy (non-hydrogen) atoms. The number of furan rings is 1. The van der Waals surface area contributed by atoms with Gasteiger partial charge in [-0.05, 0) is 43.3 Å². The molecule has 1 saturated heterocycles. The highest BCUT2D eigenvalue weighted by Crippen LogP contribution is 2.35. The normalized spacial score (nSPS) is 18.5. The van der Waals surface area contributed by atoms with Crippen LogP contribution in [0.4, 0.5) is 17.6 Å². The second-order valence-electron chi connectivity index (χ2n) is 6.31. The number of benzene rings is 1. The molecule has 1 amide bonds. The predicted octanol–water partition coefficient (Wildman–Crippen LogP) is 3.67. The zero-order chi connectivity index (χ0) is 21.9. The Bertz CT molecular complexity index is 927. The number of aliphatic hydroxyl groups is 1. The second kappa shape index (κ2) is 8.66. The van der Waals surface area contributed by atoms with Gasteiger partial charge in [0.1, 0.15) is 29.6 Å². The fourth-order valence-electron chi connectivity index (χ4n) is 2.75. The third-order valence-corrected chi connectivity index (χ3v) is 4.24. The van der Waals surface area contributed by atoms with Gasteiger partial charge in [-0.15, -0.1) is 0 Å². The van der Waals surface area contributed by atoms with Crippen LogP contribution in [0.25, 0.3) is 0 Å². The molecule has 0 aliphatic carbocycles. The quantitative estimate of drug-likeness (QED) is 0.653. The first kappa shape index (κ1) is 21.5. The molecule has 0 spiro atoms. The number of alkyl halides is 2. The maximum Gasteiger partial charge on any atom is 0.310 e. The van der Waals surface area contributed by atoms with Crippen LogP contribution in [0.1, 0.15) is 29.7 Å². The zero-order valence-electron chi connectivity index (χ0n) is 15.7. The molecule has 2 heterocycles. The van der Waals surface area contributed by atoms with Crippen molar-refractivity contribution in [1.29, 1.82) is 0 Å². The van der Waals surface area contributed by atoms with Crippen molar-refractivity contribution in [3.05, 3.63) is 59.7 Å². The second-order valence-corrected chi connectivity index (χ2v) is 6.31. The number of carbonyl (C=O) groups excluding carboxylic acids is 1. The topological polar surface area (TPSA) is 84.2 Å². The van der Waals surface area contributed by atoms with Crippen LogP contribution in [-0.4, -0.2) is 34.8 Å². The van der Waals surface area contributed by atoms with Gasteiger partial charge in [-0.2, -0.15) is 8.78 Å². The van der Waals surface area contributed by atoms with Gasteiger partial charge in [0.25, 0.3) is 12.5 Å². The molecule has 0 bridgehead atoms. The summed E-state index contributed by atoms with van der Waals surface area (Å²) in [5, 5.41) is 10.1. The highest BCUT2D eigenvalue weighted by molar-refractivity contribution is 5.92. The monoisotopic (exact) mass is 430 g/mol. The molecule has 3 rings (SSSR count). The average molecular weight is 430 g/mol. The van der Waals surface area contributed by atoms with E-state index >= 15 is 0 Å². The minimum absolute atomic E-state index is 0.0437. The van der Waals surface area contributed by atoms with E-state index in [0.717, 1.165) is 0 Å². The highest BCUT2D eigenvalue weighted by atomic mass is 19.3. The Morgan fingerprint density at radius 3 is 2.40 bits per heavy atom. The molecule has 7 nitrogen and oxygen atoms in total. The molecular weight excluding hydrogens is 412 g/mol. The number of hydrogen-bond donors (Lipinski definition) is 2. The van der Waals surface area contributed by atoms with E-state index in [-0.39, 0.29) is 17.4 Å². The molecule has 11 heteroatoms. The number of hydrazine groups is 1. The highest BCUT2D eigenvalue weighted by Gasteiger charge is 2.54. The Hall–Kier alpha value is -3.21. The van der Waals surface area contributed by atoms with Gasteiger partial charge in [0.15, 0.2) is 5.76 Å². The summed E-state index contributed by atoms with van der Waals surface area (Å²) in [6, 6.07) is 9.27. The number of carbonyl (C=O) groups is 1. The smallest absolute Gasteiger partial charge is 0.310 e. The molecule has 0 saturated carbocycles. The molecule has 1 aromatic heterocycles. The standard InChI is InChI=1S/C19H18F4N2O5/c1-2-28-11-3-5-12(6-4-11)29-10-13-7-8-15(30-13)17(26)25-19(27,18(22)23)9-14(24-25)16(20)21/h3-8,18,24,27H,2,9-10H2,1H3. The Labute approximate surface area is 168 Å². The van der Waals surface area contributed by atoms with Gasteiger partial charge in [0.05, 0.1) is 13.0 Å². The lowest BCUT2D eigenvalue weighted by molar-refractivity contribution is -0.168. The van der Waals surface area contributed by atoms with E-state index in [1.165, 1.54) is 12.1 Å². The Kier molecular flexibility index (Phi) is 6.20. The van der Waals surface area contributed by atoms with Gasteiger partial charge in [-0.1, -0.05) is 0 Å². The maximum absolute atomic E-state index is 13.3. The summed E-state index contributed by atoms with van der Waals surface area (Å²) in [7, 11) is 0. The van der Waals surface area contributed by atoms with E-state index in [2.05, 4.69) is 0 Å². The molecule has 1 atom stereocenters. The summed E-state index contributed by atoms with van der Waals surface area (Å²) in [5.41, 5.74) is -2.29. The molecule has 2 aromatic rings. The third kappa shape index (κ3) is 4.35. The van der Waals surface area contributed by atoms with Crippen LogP contribution in [0.15, 0.2) is 52.6 Å². The number of amides is 1. The number of hydrogen-bond acceptors (Lipinski definition) is 6. The van der Waals surface area contributed by atoms with E-state index in [1.807, 2.05) is 12.3 Å². The van der Waals surface area contributed by atoms with Gasteiger partial charge in [-0.25, -0.2) is 13.8 Å². The van der Waals surface area contributed by atoms with Crippen molar-refractivity contribution in [3.8, 4) is 11.5 Å². The first-order valence-corrected chi connectivity index (χ1v) is 8.85. The van der Waals surface area contributed by atoms with Gasteiger partial charge in [-0.3, -0.25) is 10.2 Å². The minimum Gasteiger partial charge on any atom is -0.494 e. The summed E-state index contributed by atoms with van der Waals surface area (Å²) in [4.78, 5) is 12.5. The van der Waals surface area contributed by atoms with E-state index in [4.69, 9.17) is 13.9 Å². The summed E-state index contributed by atoms with van der Waals surface area (Å²) >= 11 is 0. The van der Waals surface area contributed by atoms with Crippen LogP contribution in [0.3, 0.4) is 0 Å². The van der Waals surface area contributed by atoms with Gasteiger partial charge in [0, 0.05) is 0 Å². The van der Waals surface area contributed by atoms with Crippen LogP contribution >= 0.6 is 0 Å². The molecule has 1 aliphatic rings. The first-order chi connectivity index (χ1) is 14.2. The number of rotatable bonds is 7. The lowest BCUT2D eigenvalue weighted by Gasteiger charge is -2.30. The van der Waals surface area contributed by atoms with Crippen molar-refractivity contribution >= 4 is 5.91 Å². The third-order valence-electron chi connectivity index (χ3n) is 4.24. The van der Waals surface area contributed by atoms with Crippen molar-refractivity contribution < 1.29 is 41.4 Å². The number of halogens is 4. The van der Waals surface area contributed by atoms with Crippen molar-refractivity contribution in [1.82, 2.24) is 10.4 Å². The summed E-state index contributed by atoms with van der Waals surface area (Å²) in [6.07, 6.45) is -6.95. The zero-order valence-corrected chi connectivity index (χ0v) is 15.7. The summed E-state index contributed by atoms with van der Waals surface area (Å²) in [6.45, 7) is 2.29. The fourth-order valence-corrected chi connectivity index (χ4v) is 2.75. The molecular formula is C19H18F4N2O5. The first-order valence-electron chi connectivity index (χ1n) is 8.85. The van der Waals surface area contributed by atoms with Crippen LogP contribution < -0.4 is 14.9 Å². The predicted molar refractivity (Wildman–Crippen MR) is 94.8 cm³/mol. The van der Waals surface area contributed by atoms with Crippen molar-refractivity contribution in [2.45, 2.75) is 32.1 Å². The largest absolute Gasteiger partial charge is 0.494 e. The van der Waals surface area contributed by atoms with Gasteiger partial charge in [0.2, 0.25) is 5.72 Å². The van der Waals surface area contributed by atoms with Crippen molar-refractivity contribution in [2.24, 2.45) is 0 Å². The molecule has 162 valence electrons. The van der Waals surface area contributed by atoms with Crippen LogP contribution in [-0.2, 0) is 6.61 Å². The average Bonchev–Trinajstić information content (AvgIpc) is 3.33. The van der Waals surface area contributed by atoms with E-state index in [9.17, 15) is 27.5 Å². The number of nitrogens with one attached hydrogen (secondary N) is 1. The molecule has 1 aromatic carbocycles. The molecule has 0 radical (unpaired) electrons. The van der Waals surface area contributed by atoms with Crippen molar-refractivity contribution in [2.75, 3.05) is 6.61 Å². The van der Waals surface area contributed by atoms with Crippen LogP contribution in [0.5, 0.6) is 11.5 Å². The lowest BCUT2D eigenvalue weighted by atomic mass is 10.1. The minimum atomic E-state index is -3.50. The molecule has 1 fully saturated rings. The molecule has 1 aliphatic heterocycles. The molecule has 1 unspecified atom stereocenters. The van der Waals surface area contributed by atoms with E-state index < -0.39 is 42.0 Å². The van der Waals surface area contributed by atoms with Crippen LogP contribution in [0.2, 0.25) is 0 Å². The Balaban J connectivity index is 1.69. The van der Waals surface area contributed by atoms with E-state index in [0.29, 0.717) is 18.1 Å². The maximum atomic E-state index is 13.3. The Morgan fingerprint density at radius 2 is 1.83 bits per heavy atom. The van der Waals surface area contributed by atoms with Crippen LogP contribution in [0, 0.1) is 0 Å². The van der Waals surface area contributed by atoms with E-state index in [1.54, 1.807) is 24.3 Å². The number of ether oxygens (including phenoxy) is 2. The summed E-state index contributed by atoms with van der Waals surface area (Å²) in [5.74, 6) is -0.337. The fraction of sp³-hybridized carbons (Fsp3) is 0.316. The van der Waals surface area contributed by atoms with Crippen molar-refractivity contribution in [3.63, 3.8) is 0 Å². The van der Waals surface area contributed by atoms with Gasteiger partial charge >= 0.3 is 5.91 Å². The van der Waals surface area contributed by atoms with Gasteiger partial charge < -0.3 is 19.0 Å².